The number of carbonyl (C=O) groups is 1. The van der Waals surface area contributed by atoms with E-state index in [1.165, 1.54) is 13.2 Å². The zero-order valence-corrected chi connectivity index (χ0v) is 10.4. The molecule has 0 saturated heterocycles. The van der Waals surface area contributed by atoms with Crippen LogP contribution in [0.15, 0.2) is 42.5 Å². The second kappa shape index (κ2) is 6.00. The largest absolute Gasteiger partial charge is 0.497 e. The molecular formula is C15H13FO3. The van der Waals surface area contributed by atoms with Crippen molar-refractivity contribution < 1.29 is 18.7 Å². The third-order valence-electron chi connectivity index (χ3n) is 2.67. The highest BCUT2D eigenvalue weighted by molar-refractivity contribution is 5.74. The van der Waals surface area contributed by atoms with Crippen LogP contribution in [0, 0.1) is 5.82 Å². The van der Waals surface area contributed by atoms with E-state index >= 15 is 0 Å². The van der Waals surface area contributed by atoms with E-state index in [0.717, 1.165) is 6.29 Å². The third-order valence-corrected chi connectivity index (χ3v) is 2.67. The lowest BCUT2D eigenvalue weighted by Crippen LogP contribution is -1.99. The van der Waals surface area contributed by atoms with Gasteiger partial charge in [0.1, 0.15) is 30.2 Å². The monoisotopic (exact) mass is 260 g/mol. The molecule has 0 radical (unpaired) electrons. The summed E-state index contributed by atoms with van der Waals surface area (Å²) in [6.07, 6.45) is 0.757. The van der Waals surface area contributed by atoms with Gasteiger partial charge in [-0.25, -0.2) is 4.39 Å². The molecule has 4 heteroatoms. The minimum absolute atomic E-state index is 0.121. The molecule has 3 nitrogen and oxygen atoms in total. The Morgan fingerprint density at radius 3 is 2.37 bits per heavy atom. The van der Waals surface area contributed by atoms with Crippen LogP contribution in [0.5, 0.6) is 11.5 Å². The van der Waals surface area contributed by atoms with Crippen LogP contribution in [0.3, 0.4) is 0 Å². The van der Waals surface area contributed by atoms with Crippen LogP contribution >= 0.6 is 0 Å². The molecule has 0 spiro atoms. The second-order valence-electron chi connectivity index (χ2n) is 3.93. The summed E-state index contributed by atoms with van der Waals surface area (Å²) in [7, 11) is 1.49. The highest BCUT2D eigenvalue weighted by atomic mass is 19.1. The maximum absolute atomic E-state index is 13.7. The van der Waals surface area contributed by atoms with Gasteiger partial charge >= 0.3 is 0 Å². The van der Waals surface area contributed by atoms with E-state index in [9.17, 15) is 9.18 Å². The lowest BCUT2D eigenvalue weighted by Gasteiger charge is -2.08. The van der Waals surface area contributed by atoms with Crippen molar-refractivity contribution in [3.63, 3.8) is 0 Å². The number of hydrogen-bond acceptors (Lipinski definition) is 3. The van der Waals surface area contributed by atoms with Crippen molar-refractivity contribution in [2.45, 2.75) is 6.61 Å². The highest BCUT2D eigenvalue weighted by Crippen LogP contribution is 2.19. The standard InChI is InChI=1S/C15H13FO3/c1-18-14-7-4-12(15(16)8-14)10-19-13-5-2-11(9-17)3-6-13/h2-9H,10H2,1H3. The van der Waals surface area contributed by atoms with Gasteiger partial charge in [-0.15, -0.1) is 0 Å². The normalized spacial score (nSPS) is 10.0. The summed E-state index contributed by atoms with van der Waals surface area (Å²) in [6.45, 7) is 0.121. The lowest BCUT2D eigenvalue weighted by molar-refractivity contribution is 0.112. The number of methoxy groups -OCH3 is 1. The molecule has 0 aromatic heterocycles. The summed E-state index contributed by atoms with van der Waals surface area (Å²) in [5.41, 5.74) is 1.02. The van der Waals surface area contributed by atoms with Crippen LogP contribution in [-0.4, -0.2) is 13.4 Å². The van der Waals surface area contributed by atoms with Gasteiger partial charge in [0.25, 0.3) is 0 Å². The molecule has 2 aromatic rings. The molecule has 0 aliphatic heterocycles. The van der Waals surface area contributed by atoms with E-state index in [1.807, 2.05) is 0 Å². The van der Waals surface area contributed by atoms with E-state index in [0.29, 0.717) is 22.6 Å². The Kier molecular flexibility index (Phi) is 4.13. The van der Waals surface area contributed by atoms with Crippen molar-refractivity contribution in [2.75, 3.05) is 7.11 Å². The van der Waals surface area contributed by atoms with Gasteiger partial charge in [-0.1, -0.05) is 0 Å². The molecule has 0 atom stereocenters. The molecule has 0 bridgehead atoms. The summed E-state index contributed by atoms with van der Waals surface area (Å²) in [4.78, 5) is 10.5. The van der Waals surface area contributed by atoms with Gasteiger partial charge in [-0.2, -0.15) is 0 Å². The molecule has 0 saturated carbocycles. The molecule has 0 fully saturated rings. The van der Waals surface area contributed by atoms with Gasteiger partial charge in [-0.05, 0) is 36.4 Å². The molecular weight excluding hydrogens is 247 g/mol. The molecule has 0 heterocycles. The first-order valence-corrected chi connectivity index (χ1v) is 5.73. The van der Waals surface area contributed by atoms with E-state index in [1.54, 1.807) is 36.4 Å². The molecule has 2 rings (SSSR count). The first-order valence-electron chi connectivity index (χ1n) is 5.73. The van der Waals surface area contributed by atoms with Crippen molar-refractivity contribution in [1.29, 1.82) is 0 Å². The number of aldehydes is 1. The zero-order chi connectivity index (χ0) is 13.7. The fraction of sp³-hybridized carbons (Fsp3) is 0.133. The van der Waals surface area contributed by atoms with Crippen LogP contribution in [0.4, 0.5) is 4.39 Å². The van der Waals surface area contributed by atoms with Crippen LogP contribution in [0.1, 0.15) is 15.9 Å². The molecule has 98 valence electrons. The summed E-state index contributed by atoms with van der Waals surface area (Å²) >= 11 is 0. The minimum atomic E-state index is -0.371. The van der Waals surface area contributed by atoms with Crippen molar-refractivity contribution in [3.8, 4) is 11.5 Å². The first-order chi connectivity index (χ1) is 9.22. The Hall–Kier alpha value is -2.36. The van der Waals surface area contributed by atoms with Crippen LogP contribution in [-0.2, 0) is 6.61 Å². The van der Waals surface area contributed by atoms with Gasteiger partial charge in [0, 0.05) is 17.2 Å². The number of rotatable bonds is 5. The molecule has 0 unspecified atom stereocenters. The maximum Gasteiger partial charge on any atom is 0.150 e. The predicted octanol–water partition coefficient (Wildman–Crippen LogP) is 3.23. The van der Waals surface area contributed by atoms with Crippen molar-refractivity contribution in [2.24, 2.45) is 0 Å². The molecule has 2 aromatic carbocycles. The quantitative estimate of drug-likeness (QED) is 0.774. The average Bonchev–Trinajstić information content (AvgIpc) is 2.46. The van der Waals surface area contributed by atoms with E-state index in [2.05, 4.69) is 0 Å². The Labute approximate surface area is 110 Å². The molecule has 0 N–H and O–H groups in total. The van der Waals surface area contributed by atoms with Gasteiger partial charge in [0.2, 0.25) is 0 Å². The first kappa shape index (κ1) is 13.1. The summed E-state index contributed by atoms with van der Waals surface area (Å²) in [6, 6.07) is 11.2. The van der Waals surface area contributed by atoms with Crippen molar-refractivity contribution in [3.05, 3.63) is 59.4 Å². The van der Waals surface area contributed by atoms with Gasteiger partial charge in [0.05, 0.1) is 7.11 Å². The van der Waals surface area contributed by atoms with Crippen molar-refractivity contribution in [1.82, 2.24) is 0 Å². The number of hydrogen-bond donors (Lipinski definition) is 0. The zero-order valence-electron chi connectivity index (χ0n) is 10.4. The van der Waals surface area contributed by atoms with Gasteiger partial charge < -0.3 is 9.47 Å². The third kappa shape index (κ3) is 3.31. The fourth-order valence-corrected chi connectivity index (χ4v) is 1.58. The topological polar surface area (TPSA) is 35.5 Å². The van der Waals surface area contributed by atoms with Gasteiger partial charge in [0.15, 0.2) is 0 Å². The Morgan fingerprint density at radius 1 is 1.11 bits per heavy atom. The van der Waals surface area contributed by atoms with E-state index in [-0.39, 0.29) is 12.4 Å². The van der Waals surface area contributed by atoms with Crippen LogP contribution in [0.2, 0.25) is 0 Å². The molecule has 0 aliphatic rings. The van der Waals surface area contributed by atoms with Crippen LogP contribution < -0.4 is 9.47 Å². The molecule has 0 aliphatic carbocycles. The molecule has 19 heavy (non-hydrogen) atoms. The maximum atomic E-state index is 13.7. The molecule has 0 amide bonds. The fourth-order valence-electron chi connectivity index (χ4n) is 1.58. The number of carbonyl (C=O) groups excluding carboxylic acids is 1. The Balaban J connectivity index is 2.03. The van der Waals surface area contributed by atoms with E-state index in [4.69, 9.17) is 9.47 Å². The SMILES string of the molecule is COc1ccc(COc2ccc(C=O)cc2)c(F)c1. The number of halogens is 1. The Bertz CT molecular complexity index is 564. The van der Waals surface area contributed by atoms with Gasteiger partial charge in [-0.3, -0.25) is 4.79 Å². The smallest absolute Gasteiger partial charge is 0.150 e. The number of benzene rings is 2. The summed E-state index contributed by atoms with van der Waals surface area (Å²) < 4.78 is 24.0. The average molecular weight is 260 g/mol. The van der Waals surface area contributed by atoms with Crippen LogP contribution in [0.25, 0.3) is 0 Å². The summed E-state index contributed by atoms with van der Waals surface area (Å²) in [5.74, 6) is 0.682. The highest BCUT2D eigenvalue weighted by Gasteiger charge is 2.05. The second-order valence-corrected chi connectivity index (χ2v) is 3.93. The Morgan fingerprint density at radius 2 is 1.79 bits per heavy atom. The minimum Gasteiger partial charge on any atom is -0.497 e. The lowest BCUT2D eigenvalue weighted by atomic mass is 10.2. The summed E-state index contributed by atoms with van der Waals surface area (Å²) in [5, 5.41) is 0. The number of ether oxygens (including phenoxy) is 2. The van der Waals surface area contributed by atoms with E-state index < -0.39 is 0 Å². The van der Waals surface area contributed by atoms with Crippen molar-refractivity contribution >= 4 is 6.29 Å². The predicted molar refractivity (Wildman–Crippen MR) is 69.1 cm³/mol.